The van der Waals surface area contributed by atoms with E-state index < -0.39 is 0 Å². The van der Waals surface area contributed by atoms with E-state index in [1.807, 2.05) is 20.9 Å². The molecule has 15 heavy (non-hydrogen) atoms. The summed E-state index contributed by atoms with van der Waals surface area (Å²) in [4.78, 5) is 11.8. The highest BCUT2D eigenvalue weighted by Gasteiger charge is 2.21. The number of carbonyl (C=O) groups excluding carboxylic acids is 1. The van der Waals surface area contributed by atoms with Crippen molar-refractivity contribution >= 4 is 5.91 Å². The molecule has 1 aromatic rings. The third-order valence-electron chi connectivity index (χ3n) is 2.38. The first-order valence-electron chi connectivity index (χ1n) is 5.30. The summed E-state index contributed by atoms with van der Waals surface area (Å²) in [5, 5.41) is 7.11. The normalized spacial score (nSPS) is 10.8. The SMILES string of the molecule is CCNC(=O)c1c(C)nn(C)c1C(C)C. The van der Waals surface area contributed by atoms with Crippen molar-refractivity contribution < 1.29 is 4.79 Å². The molecular formula is C11H19N3O. The summed E-state index contributed by atoms with van der Waals surface area (Å²) in [6, 6.07) is 0. The molecule has 1 amide bonds. The molecule has 0 radical (unpaired) electrons. The van der Waals surface area contributed by atoms with E-state index in [1.54, 1.807) is 4.68 Å². The van der Waals surface area contributed by atoms with Gasteiger partial charge in [-0.3, -0.25) is 9.48 Å². The molecule has 0 fully saturated rings. The Morgan fingerprint density at radius 2 is 2.13 bits per heavy atom. The average molecular weight is 209 g/mol. The van der Waals surface area contributed by atoms with Crippen molar-refractivity contribution in [2.75, 3.05) is 6.54 Å². The third-order valence-corrected chi connectivity index (χ3v) is 2.38. The predicted octanol–water partition coefficient (Wildman–Crippen LogP) is 1.60. The second-order valence-electron chi connectivity index (χ2n) is 3.98. The minimum absolute atomic E-state index is 0.0215. The Balaban J connectivity index is 3.20. The summed E-state index contributed by atoms with van der Waals surface area (Å²) in [6.07, 6.45) is 0. The minimum atomic E-state index is -0.0215. The molecule has 1 aromatic heterocycles. The Hall–Kier alpha value is -1.32. The van der Waals surface area contributed by atoms with Gasteiger partial charge >= 0.3 is 0 Å². The number of carbonyl (C=O) groups is 1. The highest BCUT2D eigenvalue weighted by molar-refractivity contribution is 5.96. The number of hydrogen-bond donors (Lipinski definition) is 1. The molecular weight excluding hydrogens is 190 g/mol. The Morgan fingerprint density at radius 3 is 2.60 bits per heavy atom. The van der Waals surface area contributed by atoms with Crippen LogP contribution >= 0.6 is 0 Å². The molecule has 0 unspecified atom stereocenters. The number of hydrogen-bond acceptors (Lipinski definition) is 2. The van der Waals surface area contributed by atoms with Crippen LogP contribution in [0.25, 0.3) is 0 Å². The number of amides is 1. The fourth-order valence-electron chi connectivity index (χ4n) is 1.87. The molecule has 0 aliphatic rings. The molecule has 4 nitrogen and oxygen atoms in total. The molecule has 0 bridgehead atoms. The van der Waals surface area contributed by atoms with Crippen molar-refractivity contribution in [2.24, 2.45) is 7.05 Å². The Bertz CT molecular complexity index is 366. The topological polar surface area (TPSA) is 46.9 Å². The molecule has 0 aliphatic heterocycles. The summed E-state index contributed by atoms with van der Waals surface area (Å²) < 4.78 is 1.80. The Kier molecular flexibility index (Phi) is 3.50. The van der Waals surface area contributed by atoms with Crippen molar-refractivity contribution in [1.29, 1.82) is 0 Å². The van der Waals surface area contributed by atoms with Crippen LogP contribution in [-0.2, 0) is 7.05 Å². The molecule has 1 N–H and O–H groups in total. The van der Waals surface area contributed by atoms with Crippen molar-refractivity contribution in [3.63, 3.8) is 0 Å². The Morgan fingerprint density at radius 1 is 1.53 bits per heavy atom. The van der Waals surface area contributed by atoms with E-state index in [4.69, 9.17) is 0 Å². The maximum atomic E-state index is 11.8. The molecule has 0 saturated carbocycles. The van der Waals surface area contributed by atoms with Gasteiger partial charge in [0.2, 0.25) is 0 Å². The summed E-state index contributed by atoms with van der Waals surface area (Å²) in [5.41, 5.74) is 2.53. The van der Waals surface area contributed by atoms with Gasteiger partial charge in [0.25, 0.3) is 5.91 Å². The van der Waals surface area contributed by atoms with Crippen LogP contribution in [0.2, 0.25) is 0 Å². The second kappa shape index (κ2) is 4.47. The summed E-state index contributed by atoms with van der Waals surface area (Å²) in [7, 11) is 1.88. The van der Waals surface area contributed by atoms with Gasteiger partial charge < -0.3 is 5.32 Å². The summed E-state index contributed by atoms with van der Waals surface area (Å²) >= 11 is 0. The lowest BCUT2D eigenvalue weighted by Crippen LogP contribution is -2.24. The lowest BCUT2D eigenvalue weighted by atomic mass is 10.0. The van der Waals surface area contributed by atoms with E-state index >= 15 is 0 Å². The fraction of sp³-hybridized carbons (Fsp3) is 0.636. The van der Waals surface area contributed by atoms with Gasteiger partial charge in [-0.25, -0.2) is 0 Å². The fourth-order valence-corrected chi connectivity index (χ4v) is 1.87. The number of nitrogens with one attached hydrogen (secondary N) is 1. The van der Waals surface area contributed by atoms with Gasteiger partial charge in [-0.05, 0) is 19.8 Å². The zero-order chi connectivity index (χ0) is 11.6. The van der Waals surface area contributed by atoms with Crippen LogP contribution < -0.4 is 5.32 Å². The molecule has 84 valence electrons. The molecule has 0 aromatic carbocycles. The molecule has 0 saturated heterocycles. The van der Waals surface area contributed by atoms with E-state index in [-0.39, 0.29) is 5.91 Å². The van der Waals surface area contributed by atoms with E-state index in [1.165, 1.54) is 0 Å². The van der Waals surface area contributed by atoms with Crippen molar-refractivity contribution in [2.45, 2.75) is 33.6 Å². The monoisotopic (exact) mass is 209 g/mol. The number of aromatic nitrogens is 2. The smallest absolute Gasteiger partial charge is 0.255 e. The third kappa shape index (κ3) is 2.19. The number of nitrogens with zero attached hydrogens (tertiary/aromatic N) is 2. The van der Waals surface area contributed by atoms with Crippen LogP contribution in [0.3, 0.4) is 0 Å². The van der Waals surface area contributed by atoms with E-state index in [0.717, 1.165) is 17.0 Å². The highest BCUT2D eigenvalue weighted by atomic mass is 16.1. The summed E-state index contributed by atoms with van der Waals surface area (Å²) in [5.74, 6) is 0.278. The van der Waals surface area contributed by atoms with Gasteiger partial charge in [0.05, 0.1) is 17.0 Å². The minimum Gasteiger partial charge on any atom is -0.352 e. The lowest BCUT2D eigenvalue weighted by molar-refractivity contribution is 0.0954. The van der Waals surface area contributed by atoms with Crippen LogP contribution in [0.15, 0.2) is 0 Å². The lowest BCUT2D eigenvalue weighted by Gasteiger charge is -2.09. The van der Waals surface area contributed by atoms with Crippen LogP contribution in [0.1, 0.15) is 48.4 Å². The van der Waals surface area contributed by atoms with Crippen LogP contribution in [-0.4, -0.2) is 22.2 Å². The average Bonchev–Trinajstić information content (AvgIpc) is 2.41. The van der Waals surface area contributed by atoms with E-state index in [0.29, 0.717) is 12.5 Å². The van der Waals surface area contributed by atoms with Crippen molar-refractivity contribution in [3.8, 4) is 0 Å². The van der Waals surface area contributed by atoms with Crippen LogP contribution in [0.5, 0.6) is 0 Å². The van der Waals surface area contributed by atoms with Crippen molar-refractivity contribution in [3.05, 3.63) is 17.0 Å². The van der Waals surface area contributed by atoms with E-state index in [9.17, 15) is 4.79 Å². The summed E-state index contributed by atoms with van der Waals surface area (Å²) in [6.45, 7) is 8.57. The predicted molar refractivity (Wildman–Crippen MR) is 60.0 cm³/mol. The molecule has 1 heterocycles. The maximum absolute atomic E-state index is 11.8. The van der Waals surface area contributed by atoms with Gasteiger partial charge in [-0.1, -0.05) is 13.8 Å². The molecule has 0 atom stereocenters. The largest absolute Gasteiger partial charge is 0.352 e. The molecule has 1 rings (SSSR count). The van der Waals surface area contributed by atoms with Crippen LogP contribution in [0.4, 0.5) is 0 Å². The first-order valence-corrected chi connectivity index (χ1v) is 5.30. The number of rotatable bonds is 3. The van der Waals surface area contributed by atoms with Crippen LogP contribution in [0, 0.1) is 6.92 Å². The number of aryl methyl sites for hydroxylation is 2. The molecule has 0 aliphatic carbocycles. The van der Waals surface area contributed by atoms with E-state index in [2.05, 4.69) is 24.3 Å². The first-order chi connectivity index (χ1) is 6.99. The van der Waals surface area contributed by atoms with Crippen molar-refractivity contribution in [1.82, 2.24) is 15.1 Å². The van der Waals surface area contributed by atoms with Gasteiger partial charge in [0.1, 0.15) is 0 Å². The maximum Gasteiger partial charge on any atom is 0.255 e. The zero-order valence-electron chi connectivity index (χ0n) is 10.1. The van der Waals surface area contributed by atoms with Gasteiger partial charge in [-0.15, -0.1) is 0 Å². The first kappa shape index (κ1) is 11.8. The standard InChI is InChI=1S/C11H19N3O/c1-6-12-11(15)9-8(4)13-14(5)10(9)7(2)3/h7H,6H2,1-5H3,(H,12,15). The Labute approximate surface area is 90.7 Å². The van der Waals surface area contributed by atoms with Gasteiger partial charge in [0, 0.05) is 13.6 Å². The highest BCUT2D eigenvalue weighted by Crippen LogP contribution is 2.21. The van der Waals surface area contributed by atoms with Gasteiger partial charge in [0.15, 0.2) is 0 Å². The quantitative estimate of drug-likeness (QED) is 0.822. The molecule has 0 spiro atoms. The zero-order valence-corrected chi connectivity index (χ0v) is 10.1. The van der Waals surface area contributed by atoms with Gasteiger partial charge in [-0.2, -0.15) is 5.10 Å². The second-order valence-corrected chi connectivity index (χ2v) is 3.98. The molecule has 4 heteroatoms.